The molecule has 1 fully saturated rings. The molecule has 0 aliphatic carbocycles. The highest BCUT2D eigenvalue weighted by atomic mass is 15.3. The van der Waals surface area contributed by atoms with Crippen LogP contribution >= 0.6 is 0 Å². The Morgan fingerprint density at radius 1 is 0.935 bits per heavy atom. The number of aromatic amines is 1. The number of rotatable bonds is 5. The fourth-order valence-electron chi connectivity index (χ4n) is 4.39. The maximum atomic E-state index is 4.53. The largest absolute Gasteiger partial charge is 0.369 e. The monoisotopic (exact) mass is 411 g/mol. The van der Waals surface area contributed by atoms with Gasteiger partial charge < -0.3 is 15.1 Å². The van der Waals surface area contributed by atoms with Crippen molar-refractivity contribution in [2.75, 3.05) is 42.9 Å². The number of nitrogens with one attached hydrogen (secondary N) is 2. The second-order valence-electron chi connectivity index (χ2n) is 8.24. The lowest BCUT2D eigenvalue weighted by Gasteiger charge is -2.35. The summed E-state index contributed by atoms with van der Waals surface area (Å²) >= 11 is 0. The summed E-state index contributed by atoms with van der Waals surface area (Å²) < 4.78 is 0. The van der Waals surface area contributed by atoms with Crippen LogP contribution in [0.3, 0.4) is 0 Å². The van der Waals surface area contributed by atoms with Crippen molar-refractivity contribution >= 4 is 28.1 Å². The summed E-state index contributed by atoms with van der Waals surface area (Å²) in [6, 6.07) is 23.6. The van der Waals surface area contributed by atoms with Crippen molar-refractivity contribution in [2.24, 2.45) is 0 Å². The number of benzene rings is 3. The first-order valence-corrected chi connectivity index (χ1v) is 11.1. The first-order chi connectivity index (χ1) is 15.2. The molecule has 1 aliphatic rings. The van der Waals surface area contributed by atoms with Gasteiger partial charge >= 0.3 is 0 Å². The third kappa shape index (κ3) is 4.01. The van der Waals surface area contributed by atoms with Crippen molar-refractivity contribution in [1.82, 2.24) is 15.1 Å². The lowest BCUT2D eigenvalue weighted by atomic mass is 10.00. The molecular formula is C26H29N5. The van der Waals surface area contributed by atoms with Crippen molar-refractivity contribution in [1.29, 1.82) is 0 Å². The molecule has 0 bridgehead atoms. The maximum absolute atomic E-state index is 4.53. The molecule has 158 valence electrons. The number of hydrogen-bond acceptors (Lipinski definition) is 4. The Labute approximate surface area is 183 Å². The molecule has 5 nitrogen and oxygen atoms in total. The van der Waals surface area contributed by atoms with Gasteiger partial charge in [0.1, 0.15) is 0 Å². The minimum Gasteiger partial charge on any atom is -0.369 e. The molecule has 4 aromatic rings. The lowest BCUT2D eigenvalue weighted by molar-refractivity contribution is 0.271. The third-order valence-electron chi connectivity index (χ3n) is 6.33. The second kappa shape index (κ2) is 8.44. The Bertz CT molecular complexity index is 1170. The van der Waals surface area contributed by atoms with Gasteiger partial charge in [-0.25, -0.2) is 0 Å². The molecule has 31 heavy (non-hydrogen) atoms. The summed E-state index contributed by atoms with van der Waals surface area (Å²) in [7, 11) is 0. The summed E-state index contributed by atoms with van der Waals surface area (Å²) in [5.41, 5.74) is 7.10. The zero-order valence-corrected chi connectivity index (χ0v) is 18.2. The Morgan fingerprint density at radius 2 is 1.71 bits per heavy atom. The molecule has 0 amide bonds. The van der Waals surface area contributed by atoms with E-state index in [1.54, 1.807) is 0 Å². The van der Waals surface area contributed by atoms with Crippen molar-refractivity contribution in [3.63, 3.8) is 0 Å². The van der Waals surface area contributed by atoms with Crippen molar-refractivity contribution < 1.29 is 0 Å². The second-order valence-corrected chi connectivity index (χ2v) is 8.24. The quantitative estimate of drug-likeness (QED) is 0.460. The highest BCUT2D eigenvalue weighted by molar-refractivity contribution is 5.94. The average molecular weight is 412 g/mol. The molecule has 2 heterocycles. The van der Waals surface area contributed by atoms with Gasteiger partial charge in [-0.3, -0.25) is 5.10 Å². The molecule has 5 heteroatoms. The molecule has 0 saturated carbocycles. The first kappa shape index (κ1) is 19.6. The summed E-state index contributed by atoms with van der Waals surface area (Å²) in [5, 5.41) is 12.3. The van der Waals surface area contributed by atoms with Crippen LogP contribution in [0.2, 0.25) is 0 Å². The van der Waals surface area contributed by atoms with Crippen LogP contribution in [0.4, 0.5) is 17.2 Å². The highest BCUT2D eigenvalue weighted by Gasteiger charge is 2.16. The highest BCUT2D eigenvalue weighted by Crippen LogP contribution is 2.30. The number of anilines is 3. The molecule has 0 atom stereocenters. The standard InChI is InChI=1S/C26H29N5/c1-3-30-14-16-31(17-15-30)22-11-9-21(10-12-22)27-26-24-13-8-20(18-25(24)28-29-26)23-7-5-4-6-19(23)2/h4-13,18H,3,14-17H2,1-2H3,(H2,27,28,29). The van der Waals surface area contributed by atoms with E-state index in [0.717, 1.165) is 55.1 Å². The average Bonchev–Trinajstić information content (AvgIpc) is 3.22. The molecule has 1 saturated heterocycles. The predicted octanol–water partition coefficient (Wildman–Crippen LogP) is 5.42. The normalized spacial score (nSPS) is 14.8. The molecule has 5 rings (SSSR count). The number of likely N-dealkylation sites (N-methyl/N-ethyl adjacent to an activating group) is 1. The Morgan fingerprint density at radius 3 is 2.45 bits per heavy atom. The number of H-pyrrole nitrogens is 1. The van der Waals surface area contributed by atoms with Crippen molar-refractivity contribution in [3.05, 3.63) is 72.3 Å². The molecule has 0 radical (unpaired) electrons. The molecule has 0 unspecified atom stereocenters. The van der Waals surface area contributed by atoms with Crippen LogP contribution in [0, 0.1) is 6.92 Å². The van der Waals surface area contributed by atoms with Gasteiger partial charge in [0.15, 0.2) is 5.82 Å². The van der Waals surface area contributed by atoms with E-state index < -0.39 is 0 Å². The Kier molecular flexibility index (Phi) is 5.35. The predicted molar refractivity (Wildman–Crippen MR) is 130 cm³/mol. The fourth-order valence-corrected chi connectivity index (χ4v) is 4.39. The minimum atomic E-state index is 0.857. The summed E-state index contributed by atoms with van der Waals surface area (Å²) in [6.07, 6.45) is 0. The van der Waals surface area contributed by atoms with E-state index in [0.29, 0.717) is 0 Å². The molecular weight excluding hydrogens is 382 g/mol. The fraction of sp³-hybridized carbons (Fsp3) is 0.269. The SMILES string of the molecule is CCN1CCN(c2ccc(Nc3n[nH]c4cc(-c5ccccc5C)ccc34)cc2)CC1. The van der Waals surface area contributed by atoms with Crippen molar-refractivity contribution in [2.45, 2.75) is 13.8 Å². The zero-order chi connectivity index (χ0) is 21.2. The van der Waals surface area contributed by atoms with Crippen LogP contribution in [-0.2, 0) is 0 Å². The Balaban J connectivity index is 1.32. The van der Waals surface area contributed by atoms with E-state index in [-0.39, 0.29) is 0 Å². The van der Waals surface area contributed by atoms with Gasteiger partial charge in [-0.15, -0.1) is 0 Å². The van der Waals surface area contributed by atoms with E-state index in [1.165, 1.54) is 22.4 Å². The number of nitrogens with zero attached hydrogens (tertiary/aromatic N) is 3. The molecule has 0 spiro atoms. The van der Waals surface area contributed by atoms with Gasteiger partial charge in [0.25, 0.3) is 0 Å². The van der Waals surface area contributed by atoms with Gasteiger partial charge in [0.05, 0.1) is 5.52 Å². The van der Waals surface area contributed by atoms with Crippen LogP contribution in [0.25, 0.3) is 22.0 Å². The maximum Gasteiger partial charge on any atom is 0.160 e. The number of piperazine rings is 1. The minimum absolute atomic E-state index is 0.857. The van der Waals surface area contributed by atoms with Crippen LogP contribution < -0.4 is 10.2 Å². The van der Waals surface area contributed by atoms with Gasteiger partial charge in [0.2, 0.25) is 0 Å². The van der Waals surface area contributed by atoms with Crippen LogP contribution in [0.1, 0.15) is 12.5 Å². The van der Waals surface area contributed by atoms with Gasteiger partial charge in [-0.2, -0.15) is 5.10 Å². The van der Waals surface area contributed by atoms with Crippen molar-refractivity contribution in [3.8, 4) is 11.1 Å². The molecule has 3 aromatic carbocycles. The van der Waals surface area contributed by atoms with E-state index >= 15 is 0 Å². The number of fused-ring (bicyclic) bond motifs is 1. The molecule has 2 N–H and O–H groups in total. The summed E-state index contributed by atoms with van der Waals surface area (Å²) in [4.78, 5) is 4.96. The van der Waals surface area contributed by atoms with E-state index in [2.05, 4.69) is 106 Å². The van der Waals surface area contributed by atoms with E-state index in [1.807, 2.05) is 0 Å². The topological polar surface area (TPSA) is 47.2 Å². The summed E-state index contributed by atoms with van der Waals surface area (Å²) in [5.74, 6) is 0.857. The van der Waals surface area contributed by atoms with Crippen LogP contribution in [0.5, 0.6) is 0 Å². The number of hydrogen-bond donors (Lipinski definition) is 2. The summed E-state index contributed by atoms with van der Waals surface area (Å²) in [6.45, 7) is 9.98. The van der Waals surface area contributed by atoms with Gasteiger partial charge in [-0.05, 0) is 66.6 Å². The zero-order valence-electron chi connectivity index (χ0n) is 18.2. The molecule has 1 aromatic heterocycles. The lowest BCUT2D eigenvalue weighted by Crippen LogP contribution is -2.46. The van der Waals surface area contributed by atoms with Crippen LogP contribution in [-0.4, -0.2) is 47.8 Å². The smallest absolute Gasteiger partial charge is 0.160 e. The Hall–Kier alpha value is -3.31. The molecule has 1 aliphatic heterocycles. The number of aromatic nitrogens is 2. The van der Waals surface area contributed by atoms with Crippen LogP contribution in [0.15, 0.2) is 66.7 Å². The first-order valence-electron chi connectivity index (χ1n) is 11.1. The van der Waals surface area contributed by atoms with Gasteiger partial charge in [0, 0.05) is 42.9 Å². The van der Waals surface area contributed by atoms with E-state index in [9.17, 15) is 0 Å². The third-order valence-corrected chi connectivity index (χ3v) is 6.33. The van der Waals surface area contributed by atoms with E-state index in [4.69, 9.17) is 0 Å². The van der Waals surface area contributed by atoms with Gasteiger partial charge in [-0.1, -0.05) is 37.3 Å². The number of aryl methyl sites for hydroxylation is 1.